The number of nitrogens with one attached hydrogen (secondary N) is 1. The Kier molecular flexibility index (Phi) is 3.42. The lowest BCUT2D eigenvalue weighted by Crippen LogP contribution is -2.18. The quantitative estimate of drug-likeness (QED) is 0.855. The summed E-state index contributed by atoms with van der Waals surface area (Å²) < 4.78 is 0. The average molecular weight is 219 g/mol. The van der Waals surface area contributed by atoms with Gasteiger partial charge in [-0.15, -0.1) is 0 Å². The average Bonchev–Trinajstić information content (AvgIpc) is 2.80. The Bertz CT molecular complexity index is 385. The fourth-order valence-corrected chi connectivity index (χ4v) is 2.22. The highest BCUT2D eigenvalue weighted by Crippen LogP contribution is 2.18. The molecule has 0 fully saturated rings. The molecule has 0 saturated carbocycles. The minimum atomic E-state index is 0.315. The number of thiophene rings is 1. The van der Waals surface area contributed by atoms with Crippen LogP contribution in [0.3, 0.4) is 0 Å². The van der Waals surface area contributed by atoms with Gasteiger partial charge in [0.25, 0.3) is 0 Å². The van der Waals surface area contributed by atoms with Crippen molar-refractivity contribution in [3.8, 4) is 0 Å². The summed E-state index contributed by atoms with van der Waals surface area (Å²) in [5, 5.41) is 15.3. The summed E-state index contributed by atoms with van der Waals surface area (Å²) in [6.45, 7) is 0. The molecule has 2 rings (SSSR count). The molecule has 0 aliphatic carbocycles. The maximum Gasteiger partial charge on any atom is 0.0544 e. The molecule has 15 heavy (non-hydrogen) atoms. The molecule has 0 saturated heterocycles. The van der Waals surface area contributed by atoms with Gasteiger partial charge in [-0.25, -0.2) is 0 Å². The minimum Gasteiger partial charge on any atom is -0.313 e. The van der Waals surface area contributed by atoms with Gasteiger partial charge in [-0.3, -0.25) is 0 Å². The Morgan fingerprint density at radius 3 is 2.93 bits per heavy atom. The highest BCUT2D eigenvalue weighted by Gasteiger charge is 2.10. The van der Waals surface area contributed by atoms with Gasteiger partial charge >= 0.3 is 0 Å². The summed E-state index contributed by atoms with van der Waals surface area (Å²) >= 11 is 1.73. The van der Waals surface area contributed by atoms with Crippen molar-refractivity contribution in [2.45, 2.75) is 12.5 Å². The molecular weight excluding hydrogens is 206 g/mol. The van der Waals surface area contributed by atoms with Crippen LogP contribution >= 0.6 is 11.3 Å². The monoisotopic (exact) mass is 219 g/mol. The molecule has 0 radical (unpaired) electrons. The number of likely N-dealkylation sites (N-methyl/N-ethyl adjacent to an activating group) is 1. The minimum absolute atomic E-state index is 0.315. The van der Waals surface area contributed by atoms with Crippen molar-refractivity contribution < 1.29 is 0 Å². The highest BCUT2D eigenvalue weighted by atomic mass is 32.1. The van der Waals surface area contributed by atoms with Crippen LogP contribution in [0.25, 0.3) is 0 Å². The summed E-state index contributed by atoms with van der Waals surface area (Å²) in [6.07, 6.45) is 4.53. The molecule has 0 amide bonds. The molecule has 1 unspecified atom stereocenters. The molecule has 0 aromatic carbocycles. The Labute approximate surface area is 93.2 Å². The van der Waals surface area contributed by atoms with Gasteiger partial charge in [-0.1, -0.05) is 0 Å². The Morgan fingerprint density at radius 2 is 2.33 bits per heavy atom. The van der Waals surface area contributed by atoms with Crippen LogP contribution in [-0.2, 0) is 6.42 Å². The van der Waals surface area contributed by atoms with E-state index in [2.05, 4.69) is 32.3 Å². The van der Waals surface area contributed by atoms with Crippen LogP contribution in [0.2, 0.25) is 0 Å². The molecule has 2 aromatic rings. The Balaban J connectivity index is 2.12. The predicted molar refractivity (Wildman–Crippen MR) is 61.9 cm³/mol. The van der Waals surface area contributed by atoms with Crippen molar-refractivity contribution >= 4 is 11.3 Å². The lowest BCUT2D eigenvalue weighted by atomic mass is 10.0. The molecule has 3 nitrogen and oxygen atoms in total. The largest absolute Gasteiger partial charge is 0.313 e. The third-order valence-electron chi connectivity index (χ3n) is 2.38. The second-order valence-corrected chi connectivity index (χ2v) is 4.13. The van der Waals surface area contributed by atoms with Gasteiger partial charge < -0.3 is 5.32 Å². The molecule has 78 valence electrons. The zero-order valence-corrected chi connectivity index (χ0v) is 9.37. The number of hydrogen-bond donors (Lipinski definition) is 1. The van der Waals surface area contributed by atoms with Crippen molar-refractivity contribution in [1.82, 2.24) is 15.5 Å². The highest BCUT2D eigenvalue weighted by molar-refractivity contribution is 7.07. The number of rotatable bonds is 4. The molecule has 4 heteroatoms. The second kappa shape index (κ2) is 5.00. The fourth-order valence-electron chi connectivity index (χ4n) is 1.54. The topological polar surface area (TPSA) is 37.8 Å². The first-order valence-corrected chi connectivity index (χ1v) is 5.79. The van der Waals surface area contributed by atoms with Gasteiger partial charge in [0.1, 0.15) is 0 Å². The third kappa shape index (κ3) is 2.61. The van der Waals surface area contributed by atoms with E-state index in [-0.39, 0.29) is 0 Å². The lowest BCUT2D eigenvalue weighted by molar-refractivity contribution is 0.588. The van der Waals surface area contributed by atoms with E-state index in [0.29, 0.717) is 6.04 Å². The van der Waals surface area contributed by atoms with Gasteiger partial charge in [-0.05, 0) is 47.5 Å². The van der Waals surface area contributed by atoms with Crippen molar-refractivity contribution in [3.05, 3.63) is 46.4 Å². The fraction of sp³-hybridized carbons (Fsp3) is 0.273. The van der Waals surface area contributed by atoms with E-state index in [1.54, 1.807) is 17.5 Å². The van der Waals surface area contributed by atoms with Crippen molar-refractivity contribution in [2.75, 3.05) is 7.05 Å². The van der Waals surface area contributed by atoms with E-state index in [4.69, 9.17) is 0 Å². The van der Waals surface area contributed by atoms with E-state index >= 15 is 0 Å². The van der Waals surface area contributed by atoms with Gasteiger partial charge in [0.05, 0.1) is 6.20 Å². The predicted octanol–water partition coefficient (Wildman–Crippen LogP) is 2.04. The normalized spacial score (nSPS) is 12.6. The molecule has 0 aliphatic rings. The van der Waals surface area contributed by atoms with Crippen LogP contribution in [0.15, 0.2) is 35.3 Å². The molecule has 0 bridgehead atoms. The Morgan fingerprint density at radius 1 is 1.40 bits per heavy atom. The SMILES string of the molecule is CNC(Cc1ccsc1)c1ccnnc1. The molecule has 1 N–H and O–H groups in total. The number of aromatic nitrogens is 2. The van der Waals surface area contributed by atoms with Gasteiger partial charge in [0.2, 0.25) is 0 Å². The van der Waals surface area contributed by atoms with Gasteiger partial charge in [0, 0.05) is 12.2 Å². The van der Waals surface area contributed by atoms with E-state index < -0.39 is 0 Å². The molecule has 0 aliphatic heterocycles. The zero-order valence-electron chi connectivity index (χ0n) is 8.55. The Hall–Kier alpha value is -1.26. The third-order valence-corrected chi connectivity index (χ3v) is 3.11. The molecule has 0 spiro atoms. The van der Waals surface area contributed by atoms with Gasteiger partial charge in [0.15, 0.2) is 0 Å². The molecule has 2 aromatic heterocycles. The van der Waals surface area contributed by atoms with Crippen molar-refractivity contribution in [2.24, 2.45) is 0 Å². The van der Waals surface area contributed by atoms with Crippen LogP contribution in [0.4, 0.5) is 0 Å². The standard InChI is InChI=1S/C11H13N3S/c1-12-11(6-9-3-5-15-8-9)10-2-4-13-14-7-10/h2-5,7-8,11-12H,6H2,1H3. The first-order valence-electron chi connectivity index (χ1n) is 4.85. The summed E-state index contributed by atoms with van der Waals surface area (Å²) in [7, 11) is 1.97. The first kappa shape index (κ1) is 10.3. The van der Waals surface area contributed by atoms with Crippen LogP contribution in [0.1, 0.15) is 17.2 Å². The summed E-state index contributed by atoms with van der Waals surface area (Å²) in [4.78, 5) is 0. The summed E-state index contributed by atoms with van der Waals surface area (Å²) in [6, 6.07) is 4.47. The van der Waals surface area contributed by atoms with E-state index in [1.165, 1.54) is 11.1 Å². The zero-order chi connectivity index (χ0) is 10.5. The van der Waals surface area contributed by atoms with Crippen LogP contribution in [0.5, 0.6) is 0 Å². The maximum absolute atomic E-state index is 3.90. The van der Waals surface area contributed by atoms with Crippen LogP contribution in [-0.4, -0.2) is 17.2 Å². The van der Waals surface area contributed by atoms with Crippen LogP contribution in [0, 0.1) is 0 Å². The summed E-state index contributed by atoms with van der Waals surface area (Å²) in [5.41, 5.74) is 2.54. The summed E-state index contributed by atoms with van der Waals surface area (Å²) in [5.74, 6) is 0. The van der Waals surface area contributed by atoms with Crippen LogP contribution < -0.4 is 5.32 Å². The second-order valence-electron chi connectivity index (χ2n) is 3.35. The number of hydrogen-bond acceptors (Lipinski definition) is 4. The number of nitrogens with zero attached hydrogens (tertiary/aromatic N) is 2. The molecule has 1 atom stereocenters. The van der Waals surface area contributed by atoms with E-state index in [9.17, 15) is 0 Å². The van der Waals surface area contributed by atoms with E-state index in [0.717, 1.165) is 6.42 Å². The lowest BCUT2D eigenvalue weighted by Gasteiger charge is -2.14. The first-order chi connectivity index (χ1) is 7.40. The molecule has 2 heterocycles. The van der Waals surface area contributed by atoms with Crippen molar-refractivity contribution in [3.63, 3.8) is 0 Å². The van der Waals surface area contributed by atoms with Gasteiger partial charge in [-0.2, -0.15) is 21.5 Å². The van der Waals surface area contributed by atoms with Crippen molar-refractivity contribution in [1.29, 1.82) is 0 Å². The maximum atomic E-state index is 3.90. The smallest absolute Gasteiger partial charge is 0.0544 e. The van der Waals surface area contributed by atoms with E-state index in [1.807, 2.05) is 19.3 Å². The molecular formula is C11H13N3S.